The van der Waals surface area contributed by atoms with Crippen LogP contribution in [-0.4, -0.2) is 10.6 Å². The fourth-order valence-electron chi connectivity index (χ4n) is 2.14. The van der Waals surface area contributed by atoms with E-state index in [1.807, 2.05) is 30.3 Å². The molecule has 0 fully saturated rings. The summed E-state index contributed by atoms with van der Waals surface area (Å²) in [5.41, 5.74) is 9.11. The highest BCUT2D eigenvalue weighted by Gasteiger charge is 2.06. The van der Waals surface area contributed by atoms with Crippen LogP contribution in [0.4, 0.5) is 0 Å². The van der Waals surface area contributed by atoms with E-state index >= 15 is 0 Å². The second kappa shape index (κ2) is 6.21. The quantitative estimate of drug-likeness (QED) is 0.890. The largest absolute Gasteiger partial charge is 0.347 e. The summed E-state index contributed by atoms with van der Waals surface area (Å²) in [6.45, 7) is 2.89. The molecule has 2 rings (SSSR count). The van der Waals surface area contributed by atoms with Crippen molar-refractivity contribution < 1.29 is 0 Å². The van der Waals surface area contributed by atoms with Crippen molar-refractivity contribution in [1.29, 1.82) is 5.26 Å². The molecular weight excluding hydrogens is 234 g/mol. The standard InChI is InChI=1S/C16H19N3/c1-2-15(18)10-16-7-4-8-19(16)12-14-6-3-5-13(9-14)11-17/h3-9,15H,2,10,12,18H2,1H3. The van der Waals surface area contributed by atoms with E-state index in [4.69, 9.17) is 11.0 Å². The zero-order valence-corrected chi connectivity index (χ0v) is 11.2. The van der Waals surface area contributed by atoms with Crippen molar-refractivity contribution in [3.05, 3.63) is 59.4 Å². The fraction of sp³-hybridized carbons (Fsp3) is 0.312. The van der Waals surface area contributed by atoms with Gasteiger partial charge < -0.3 is 10.3 Å². The summed E-state index contributed by atoms with van der Waals surface area (Å²) < 4.78 is 2.20. The van der Waals surface area contributed by atoms with E-state index in [1.165, 1.54) is 5.69 Å². The Labute approximate surface area is 114 Å². The summed E-state index contributed by atoms with van der Waals surface area (Å²) in [6.07, 6.45) is 3.94. The summed E-state index contributed by atoms with van der Waals surface area (Å²) >= 11 is 0. The number of aromatic nitrogens is 1. The van der Waals surface area contributed by atoms with E-state index in [2.05, 4.69) is 29.8 Å². The summed E-state index contributed by atoms with van der Waals surface area (Å²) in [6, 6.07) is 14.3. The number of rotatable bonds is 5. The molecule has 0 aliphatic heterocycles. The number of hydrogen-bond donors (Lipinski definition) is 1. The second-order valence-electron chi connectivity index (χ2n) is 4.81. The zero-order valence-electron chi connectivity index (χ0n) is 11.2. The summed E-state index contributed by atoms with van der Waals surface area (Å²) in [7, 11) is 0. The Morgan fingerprint density at radius 3 is 2.89 bits per heavy atom. The maximum Gasteiger partial charge on any atom is 0.0991 e. The number of benzene rings is 1. The van der Waals surface area contributed by atoms with Gasteiger partial charge in [-0.15, -0.1) is 0 Å². The molecule has 0 aliphatic carbocycles. The molecule has 0 bridgehead atoms. The van der Waals surface area contributed by atoms with E-state index < -0.39 is 0 Å². The smallest absolute Gasteiger partial charge is 0.0991 e. The SMILES string of the molecule is CCC(N)Cc1cccn1Cc1cccc(C#N)c1. The van der Waals surface area contributed by atoms with Gasteiger partial charge in [-0.25, -0.2) is 0 Å². The van der Waals surface area contributed by atoms with Gasteiger partial charge in [0.2, 0.25) is 0 Å². The van der Waals surface area contributed by atoms with E-state index in [0.717, 1.165) is 24.9 Å². The molecule has 3 heteroatoms. The van der Waals surface area contributed by atoms with Crippen LogP contribution >= 0.6 is 0 Å². The normalized spacial score (nSPS) is 12.1. The first kappa shape index (κ1) is 13.4. The van der Waals surface area contributed by atoms with Gasteiger partial charge in [-0.3, -0.25) is 0 Å². The van der Waals surface area contributed by atoms with Gasteiger partial charge in [-0.1, -0.05) is 19.1 Å². The van der Waals surface area contributed by atoms with Crippen LogP contribution < -0.4 is 5.73 Å². The average Bonchev–Trinajstić information content (AvgIpc) is 2.86. The van der Waals surface area contributed by atoms with Gasteiger partial charge in [-0.2, -0.15) is 5.26 Å². The average molecular weight is 253 g/mol. The molecule has 1 aromatic carbocycles. The molecule has 0 radical (unpaired) electrons. The Kier molecular flexibility index (Phi) is 4.38. The molecule has 1 unspecified atom stereocenters. The van der Waals surface area contributed by atoms with Crippen LogP contribution in [0.15, 0.2) is 42.6 Å². The van der Waals surface area contributed by atoms with Gasteiger partial charge >= 0.3 is 0 Å². The van der Waals surface area contributed by atoms with Gasteiger partial charge in [0.05, 0.1) is 11.6 Å². The third kappa shape index (κ3) is 3.46. The van der Waals surface area contributed by atoms with Crippen LogP contribution in [0.25, 0.3) is 0 Å². The van der Waals surface area contributed by atoms with Gasteiger partial charge in [0.15, 0.2) is 0 Å². The van der Waals surface area contributed by atoms with Crippen LogP contribution in [0.1, 0.15) is 30.2 Å². The molecule has 2 aromatic rings. The molecule has 2 N–H and O–H groups in total. The molecule has 3 nitrogen and oxygen atoms in total. The van der Waals surface area contributed by atoms with E-state index in [-0.39, 0.29) is 6.04 Å². The molecule has 0 spiro atoms. The predicted molar refractivity (Wildman–Crippen MR) is 76.7 cm³/mol. The first-order valence-corrected chi connectivity index (χ1v) is 6.61. The minimum Gasteiger partial charge on any atom is -0.347 e. The highest BCUT2D eigenvalue weighted by molar-refractivity contribution is 5.33. The monoisotopic (exact) mass is 253 g/mol. The highest BCUT2D eigenvalue weighted by Crippen LogP contribution is 2.11. The zero-order chi connectivity index (χ0) is 13.7. The number of nitrogens with zero attached hydrogens (tertiary/aromatic N) is 2. The third-order valence-electron chi connectivity index (χ3n) is 3.33. The van der Waals surface area contributed by atoms with Crippen molar-refractivity contribution in [2.75, 3.05) is 0 Å². The third-order valence-corrected chi connectivity index (χ3v) is 3.33. The van der Waals surface area contributed by atoms with Crippen molar-refractivity contribution in [3.8, 4) is 6.07 Å². The van der Waals surface area contributed by atoms with Crippen molar-refractivity contribution in [2.45, 2.75) is 32.4 Å². The lowest BCUT2D eigenvalue weighted by atomic mass is 10.1. The van der Waals surface area contributed by atoms with Crippen LogP contribution in [0.5, 0.6) is 0 Å². The maximum absolute atomic E-state index is 8.92. The van der Waals surface area contributed by atoms with E-state index in [9.17, 15) is 0 Å². The highest BCUT2D eigenvalue weighted by atomic mass is 15.0. The number of nitriles is 1. The first-order chi connectivity index (χ1) is 9.22. The Balaban J connectivity index is 2.15. The lowest BCUT2D eigenvalue weighted by Crippen LogP contribution is -2.23. The molecule has 0 aliphatic rings. The van der Waals surface area contributed by atoms with Crippen LogP contribution in [0.2, 0.25) is 0 Å². The fourth-order valence-corrected chi connectivity index (χ4v) is 2.14. The Morgan fingerprint density at radius 2 is 2.16 bits per heavy atom. The van der Waals surface area contributed by atoms with Crippen molar-refractivity contribution in [1.82, 2.24) is 4.57 Å². The van der Waals surface area contributed by atoms with Crippen LogP contribution in [0.3, 0.4) is 0 Å². The second-order valence-corrected chi connectivity index (χ2v) is 4.81. The van der Waals surface area contributed by atoms with Crippen LogP contribution in [-0.2, 0) is 13.0 Å². The Morgan fingerprint density at radius 1 is 1.32 bits per heavy atom. The minimum atomic E-state index is 0.207. The molecule has 0 saturated carbocycles. The van der Waals surface area contributed by atoms with E-state index in [1.54, 1.807) is 0 Å². The van der Waals surface area contributed by atoms with Gasteiger partial charge in [0.1, 0.15) is 0 Å². The van der Waals surface area contributed by atoms with Crippen molar-refractivity contribution >= 4 is 0 Å². The molecule has 19 heavy (non-hydrogen) atoms. The van der Waals surface area contributed by atoms with Gasteiger partial charge in [-0.05, 0) is 36.2 Å². The van der Waals surface area contributed by atoms with Gasteiger partial charge in [0.25, 0.3) is 0 Å². The lowest BCUT2D eigenvalue weighted by Gasteiger charge is -2.13. The molecule has 0 amide bonds. The van der Waals surface area contributed by atoms with E-state index in [0.29, 0.717) is 5.56 Å². The number of hydrogen-bond acceptors (Lipinski definition) is 2. The molecule has 1 atom stereocenters. The topological polar surface area (TPSA) is 54.7 Å². The molecular formula is C16H19N3. The Bertz CT molecular complexity index is 578. The van der Waals surface area contributed by atoms with Crippen molar-refractivity contribution in [2.24, 2.45) is 5.73 Å². The lowest BCUT2D eigenvalue weighted by molar-refractivity contribution is 0.610. The van der Waals surface area contributed by atoms with Crippen LogP contribution in [0, 0.1) is 11.3 Å². The molecule has 98 valence electrons. The predicted octanol–water partition coefficient (Wildman–Crippen LogP) is 2.69. The minimum absolute atomic E-state index is 0.207. The number of nitrogens with two attached hydrogens (primary N) is 1. The first-order valence-electron chi connectivity index (χ1n) is 6.61. The molecule has 1 heterocycles. The maximum atomic E-state index is 8.92. The summed E-state index contributed by atoms with van der Waals surface area (Å²) in [5, 5.41) is 8.92. The molecule has 0 saturated heterocycles. The van der Waals surface area contributed by atoms with Crippen molar-refractivity contribution in [3.63, 3.8) is 0 Å². The summed E-state index contributed by atoms with van der Waals surface area (Å²) in [5.74, 6) is 0. The molecule has 1 aromatic heterocycles. The van der Waals surface area contributed by atoms with Gasteiger partial charge in [0, 0.05) is 30.9 Å². The summed E-state index contributed by atoms with van der Waals surface area (Å²) in [4.78, 5) is 0. The Hall–Kier alpha value is -2.05.